The number of carbonyl (C=O) groups is 1. The van der Waals surface area contributed by atoms with E-state index in [-0.39, 0.29) is 5.91 Å². The third kappa shape index (κ3) is 4.18. The summed E-state index contributed by atoms with van der Waals surface area (Å²) in [4.78, 5) is 12.0. The molecule has 0 saturated carbocycles. The van der Waals surface area contributed by atoms with Gasteiger partial charge in [-0.25, -0.2) is 0 Å². The maximum absolute atomic E-state index is 12.0. The Kier molecular flexibility index (Phi) is 5.74. The lowest BCUT2D eigenvalue weighted by molar-refractivity contribution is 0.0954. The van der Waals surface area contributed by atoms with Gasteiger partial charge in [0, 0.05) is 48.0 Å². The molecule has 6 heteroatoms. The minimum Gasteiger partial charge on any atom is -0.351 e. The zero-order valence-electron chi connectivity index (χ0n) is 13.1. The number of aryl methyl sites for hydroxylation is 2. The van der Waals surface area contributed by atoms with Crippen LogP contribution >= 0.6 is 15.9 Å². The van der Waals surface area contributed by atoms with Crippen molar-refractivity contribution in [2.24, 2.45) is 7.05 Å². The van der Waals surface area contributed by atoms with Crippen LogP contribution in [-0.2, 0) is 13.6 Å². The highest BCUT2D eigenvalue weighted by Crippen LogP contribution is 2.12. The first-order valence-electron chi connectivity index (χ1n) is 7.22. The van der Waals surface area contributed by atoms with Gasteiger partial charge in [0.2, 0.25) is 0 Å². The number of nitrogens with one attached hydrogen (secondary N) is 2. The van der Waals surface area contributed by atoms with Gasteiger partial charge >= 0.3 is 0 Å². The third-order valence-corrected chi connectivity index (χ3v) is 4.13. The van der Waals surface area contributed by atoms with E-state index in [1.165, 1.54) is 11.3 Å². The second kappa shape index (κ2) is 7.56. The molecule has 0 fully saturated rings. The van der Waals surface area contributed by atoms with Crippen LogP contribution in [0.5, 0.6) is 0 Å². The van der Waals surface area contributed by atoms with E-state index >= 15 is 0 Å². The summed E-state index contributed by atoms with van der Waals surface area (Å²) in [6.45, 7) is 6.14. The fraction of sp³-hybridized carbons (Fsp3) is 0.375. The predicted molar refractivity (Wildman–Crippen MR) is 90.9 cm³/mol. The zero-order chi connectivity index (χ0) is 16.1. The fourth-order valence-corrected chi connectivity index (χ4v) is 2.68. The van der Waals surface area contributed by atoms with E-state index in [0.717, 1.165) is 16.7 Å². The summed E-state index contributed by atoms with van der Waals surface area (Å²) >= 11 is 3.36. The Labute approximate surface area is 139 Å². The monoisotopic (exact) mass is 364 g/mol. The van der Waals surface area contributed by atoms with Crippen molar-refractivity contribution in [3.05, 3.63) is 51.3 Å². The van der Waals surface area contributed by atoms with Crippen molar-refractivity contribution < 1.29 is 4.79 Å². The second-order valence-electron chi connectivity index (χ2n) is 5.22. The molecule has 2 rings (SSSR count). The van der Waals surface area contributed by atoms with Crippen LogP contribution in [0.4, 0.5) is 0 Å². The fourth-order valence-electron chi connectivity index (χ4n) is 2.28. The summed E-state index contributed by atoms with van der Waals surface area (Å²) < 4.78 is 2.79. The molecule has 0 aliphatic rings. The average molecular weight is 365 g/mol. The molecule has 1 aromatic carbocycles. The van der Waals surface area contributed by atoms with Gasteiger partial charge in [0.25, 0.3) is 5.91 Å². The van der Waals surface area contributed by atoms with Crippen molar-refractivity contribution >= 4 is 21.8 Å². The van der Waals surface area contributed by atoms with E-state index in [9.17, 15) is 4.79 Å². The van der Waals surface area contributed by atoms with E-state index < -0.39 is 0 Å². The lowest BCUT2D eigenvalue weighted by atomic mass is 10.2. The molecule has 0 radical (unpaired) electrons. The first-order chi connectivity index (χ1) is 10.5. The van der Waals surface area contributed by atoms with E-state index in [1.54, 1.807) is 6.07 Å². The van der Waals surface area contributed by atoms with Crippen molar-refractivity contribution in [3.63, 3.8) is 0 Å². The van der Waals surface area contributed by atoms with Crippen LogP contribution in [0.2, 0.25) is 0 Å². The number of aromatic nitrogens is 2. The summed E-state index contributed by atoms with van der Waals surface area (Å²) in [7, 11) is 1.95. The molecule has 0 spiro atoms. The number of halogens is 1. The van der Waals surface area contributed by atoms with Crippen LogP contribution < -0.4 is 10.6 Å². The summed E-state index contributed by atoms with van der Waals surface area (Å²) in [5.74, 6) is -0.0585. The van der Waals surface area contributed by atoms with Crippen LogP contribution in [0, 0.1) is 13.8 Å². The van der Waals surface area contributed by atoms with E-state index in [4.69, 9.17) is 0 Å². The Balaban J connectivity index is 1.74. The van der Waals surface area contributed by atoms with Gasteiger partial charge in [-0.05, 0) is 32.0 Å². The van der Waals surface area contributed by atoms with Crippen LogP contribution in [0.25, 0.3) is 0 Å². The van der Waals surface area contributed by atoms with Crippen molar-refractivity contribution in [2.45, 2.75) is 20.4 Å². The number of rotatable bonds is 6. The lowest BCUT2D eigenvalue weighted by Crippen LogP contribution is -2.31. The molecule has 0 atom stereocenters. The lowest BCUT2D eigenvalue weighted by Gasteiger charge is -2.08. The van der Waals surface area contributed by atoms with Gasteiger partial charge in [-0.3, -0.25) is 9.48 Å². The van der Waals surface area contributed by atoms with Gasteiger partial charge in [0.15, 0.2) is 0 Å². The Morgan fingerprint density at radius 2 is 2.09 bits per heavy atom. The summed E-state index contributed by atoms with van der Waals surface area (Å²) in [6.07, 6.45) is 0. The number of carbonyl (C=O) groups excluding carboxylic acids is 1. The van der Waals surface area contributed by atoms with Crippen LogP contribution in [-0.4, -0.2) is 28.8 Å². The normalized spacial score (nSPS) is 10.7. The van der Waals surface area contributed by atoms with Gasteiger partial charge < -0.3 is 10.6 Å². The number of hydrogen-bond donors (Lipinski definition) is 2. The third-order valence-electron chi connectivity index (χ3n) is 3.63. The molecule has 118 valence electrons. The summed E-state index contributed by atoms with van der Waals surface area (Å²) in [6, 6.07) is 7.36. The topological polar surface area (TPSA) is 59.0 Å². The molecule has 1 heterocycles. The van der Waals surface area contributed by atoms with Gasteiger partial charge in [-0.1, -0.05) is 22.0 Å². The van der Waals surface area contributed by atoms with Crippen LogP contribution in [0.15, 0.2) is 28.7 Å². The molecule has 2 N–H and O–H groups in total. The SMILES string of the molecule is Cc1nn(C)c(C)c1CNCCNC(=O)c1cccc(Br)c1. The molecule has 0 unspecified atom stereocenters. The molecule has 0 aliphatic carbocycles. The van der Waals surface area contributed by atoms with Crippen LogP contribution in [0.3, 0.4) is 0 Å². The minimum absolute atomic E-state index is 0.0585. The molecule has 0 saturated heterocycles. The molecule has 0 bridgehead atoms. The van der Waals surface area contributed by atoms with Crippen LogP contribution in [0.1, 0.15) is 27.3 Å². The summed E-state index contributed by atoms with van der Waals surface area (Å²) in [5, 5.41) is 10.6. The number of benzene rings is 1. The largest absolute Gasteiger partial charge is 0.351 e. The molecule has 0 aliphatic heterocycles. The predicted octanol–water partition coefficient (Wildman–Crippen LogP) is 2.32. The number of nitrogens with zero attached hydrogens (tertiary/aromatic N) is 2. The van der Waals surface area contributed by atoms with E-state index in [2.05, 4.69) is 38.6 Å². The second-order valence-corrected chi connectivity index (χ2v) is 6.13. The smallest absolute Gasteiger partial charge is 0.251 e. The molecular formula is C16H21BrN4O. The average Bonchev–Trinajstić information content (AvgIpc) is 2.72. The molecule has 22 heavy (non-hydrogen) atoms. The zero-order valence-corrected chi connectivity index (χ0v) is 14.7. The van der Waals surface area contributed by atoms with Crippen molar-refractivity contribution in [2.75, 3.05) is 13.1 Å². The maximum atomic E-state index is 12.0. The molecular weight excluding hydrogens is 344 g/mol. The number of amides is 1. The Hall–Kier alpha value is -1.66. The van der Waals surface area contributed by atoms with Crippen molar-refractivity contribution in [3.8, 4) is 0 Å². The highest BCUT2D eigenvalue weighted by molar-refractivity contribution is 9.10. The summed E-state index contributed by atoms with van der Waals surface area (Å²) in [5.41, 5.74) is 4.10. The van der Waals surface area contributed by atoms with E-state index in [0.29, 0.717) is 18.7 Å². The minimum atomic E-state index is -0.0585. The van der Waals surface area contributed by atoms with Crippen molar-refractivity contribution in [1.29, 1.82) is 0 Å². The highest BCUT2D eigenvalue weighted by atomic mass is 79.9. The maximum Gasteiger partial charge on any atom is 0.251 e. The Bertz CT molecular complexity index is 666. The Morgan fingerprint density at radius 1 is 1.32 bits per heavy atom. The molecule has 1 amide bonds. The Morgan fingerprint density at radius 3 is 2.73 bits per heavy atom. The molecule has 5 nitrogen and oxygen atoms in total. The molecule has 1 aromatic heterocycles. The van der Waals surface area contributed by atoms with Gasteiger partial charge in [-0.15, -0.1) is 0 Å². The standard InChI is InChI=1S/C16H21BrN4O/c1-11-15(12(2)21(3)20-11)10-18-7-8-19-16(22)13-5-4-6-14(17)9-13/h4-6,9,18H,7-8,10H2,1-3H3,(H,19,22). The van der Waals surface area contributed by atoms with E-state index in [1.807, 2.05) is 36.9 Å². The van der Waals surface area contributed by atoms with Gasteiger partial charge in [-0.2, -0.15) is 5.10 Å². The van der Waals surface area contributed by atoms with Crippen molar-refractivity contribution in [1.82, 2.24) is 20.4 Å². The quantitative estimate of drug-likeness (QED) is 0.773. The van der Waals surface area contributed by atoms with Gasteiger partial charge in [0.05, 0.1) is 5.69 Å². The highest BCUT2D eigenvalue weighted by Gasteiger charge is 2.08. The van der Waals surface area contributed by atoms with Gasteiger partial charge in [0.1, 0.15) is 0 Å². The number of hydrogen-bond acceptors (Lipinski definition) is 3. The molecule has 2 aromatic rings. The first kappa shape index (κ1) is 16.7. The first-order valence-corrected chi connectivity index (χ1v) is 8.02.